The lowest BCUT2D eigenvalue weighted by atomic mass is 10.00. The summed E-state index contributed by atoms with van der Waals surface area (Å²) in [5.74, 6) is 0. The van der Waals surface area contributed by atoms with Crippen molar-refractivity contribution in [2.75, 3.05) is 5.73 Å². The summed E-state index contributed by atoms with van der Waals surface area (Å²) in [6, 6.07) is 12.6. The predicted octanol–water partition coefficient (Wildman–Crippen LogP) is 3.77. The van der Waals surface area contributed by atoms with Gasteiger partial charge in [-0.1, -0.05) is 45.7 Å². The SMILES string of the molecule is Nc1ccc(Br)cc1[C@H](O)c1ccccc1Cl. The van der Waals surface area contributed by atoms with Gasteiger partial charge in [0.05, 0.1) is 0 Å². The van der Waals surface area contributed by atoms with E-state index in [1.165, 1.54) is 0 Å². The second-order valence-corrected chi connectivity index (χ2v) is 5.02. The van der Waals surface area contributed by atoms with Crippen LogP contribution < -0.4 is 5.73 Å². The highest BCUT2D eigenvalue weighted by Crippen LogP contribution is 2.32. The fourth-order valence-corrected chi connectivity index (χ4v) is 2.26. The van der Waals surface area contributed by atoms with E-state index in [4.69, 9.17) is 17.3 Å². The van der Waals surface area contributed by atoms with Crippen LogP contribution in [0.2, 0.25) is 5.02 Å². The van der Waals surface area contributed by atoms with E-state index in [9.17, 15) is 5.11 Å². The maximum absolute atomic E-state index is 10.3. The Kier molecular flexibility index (Phi) is 3.72. The summed E-state index contributed by atoms with van der Waals surface area (Å²) in [5.41, 5.74) is 7.69. The molecule has 2 aromatic carbocycles. The van der Waals surface area contributed by atoms with Crippen molar-refractivity contribution in [2.24, 2.45) is 0 Å². The molecule has 0 aromatic heterocycles. The molecule has 0 aliphatic heterocycles. The van der Waals surface area contributed by atoms with E-state index in [1.54, 1.807) is 24.3 Å². The first-order valence-electron chi connectivity index (χ1n) is 5.07. The van der Waals surface area contributed by atoms with Crippen molar-refractivity contribution in [3.8, 4) is 0 Å². The standard InChI is InChI=1S/C13H11BrClNO/c14-8-5-6-12(16)10(7-8)13(17)9-3-1-2-4-11(9)15/h1-7,13,17H,16H2/t13-/m1/s1. The van der Waals surface area contributed by atoms with Gasteiger partial charge in [0.1, 0.15) is 6.10 Å². The molecule has 0 unspecified atom stereocenters. The molecule has 0 amide bonds. The molecule has 0 saturated heterocycles. The second-order valence-electron chi connectivity index (χ2n) is 3.70. The van der Waals surface area contributed by atoms with Crippen LogP contribution in [0.5, 0.6) is 0 Å². The number of halogens is 2. The van der Waals surface area contributed by atoms with Crippen LogP contribution in [-0.4, -0.2) is 5.11 Å². The zero-order chi connectivity index (χ0) is 12.4. The third kappa shape index (κ3) is 2.63. The number of aliphatic hydroxyl groups excluding tert-OH is 1. The van der Waals surface area contributed by atoms with Gasteiger partial charge in [0, 0.05) is 26.3 Å². The molecule has 0 radical (unpaired) electrons. The van der Waals surface area contributed by atoms with Crippen molar-refractivity contribution in [1.29, 1.82) is 0 Å². The van der Waals surface area contributed by atoms with Gasteiger partial charge < -0.3 is 10.8 Å². The van der Waals surface area contributed by atoms with E-state index >= 15 is 0 Å². The van der Waals surface area contributed by atoms with E-state index in [0.717, 1.165) is 4.47 Å². The number of aliphatic hydroxyl groups is 1. The lowest BCUT2D eigenvalue weighted by molar-refractivity contribution is 0.221. The first-order chi connectivity index (χ1) is 8.09. The minimum atomic E-state index is -0.818. The van der Waals surface area contributed by atoms with Gasteiger partial charge in [-0.15, -0.1) is 0 Å². The number of nitrogen functional groups attached to an aromatic ring is 1. The molecule has 3 N–H and O–H groups in total. The minimum Gasteiger partial charge on any atom is -0.398 e. The molecule has 0 heterocycles. The van der Waals surface area contributed by atoms with Crippen molar-refractivity contribution < 1.29 is 5.11 Å². The van der Waals surface area contributed by atoms with Crippen molar-refractivity contribution in [3.05, 3.63) is 63.1 Å². The number of benzene rings is 2. The van der Waals surface area contributed by atoms with Crippen molar-refractivity contribution in [1.82, 2.24) is 0 Å². The fraction of sp³-hybridized carbons (Fsp3) is 0.0769. The molecule has 88 valence electrons. The van der Waals surface area contributed by atoms with E-state index in [1.807, 2.05) is 18.2 Å². The highest BCUT2D eigenvalue weighted by atomic mass is 79.9. The lowest BCUT2D eigenvalue weighted by Gasteiger charge is -2.15. The third-order valence-corrected chi connectivity index (χ3v) is 3.38. The van der Waals surface area contributed by atoms with Crippen LogP contribution in [0, 0.1) is 0 Å². The number of hydrogen-bond acceptors (Lipinski definition) is 2. The predicted molar refractivity (Wildman–Crippen MR) is 74.1 cm³/mol. The second kappa shape index (κ2) is 5.08. The lowest BCUT2D eigenvalue weighted by Crippen LogP contribution is -2.04. The zero-order valence-corrected chi connectivity index (χ0v) is 11.2. The smallest absolute Gasteiger partial charge is 0.108 e. The summed E-state index contributed by atoms with van der Waals surface area (Å²) < 4.78 is 0.868. The van der Waals surface area contributed by atoms with Crippen molar-refractivity contribution in [3.63, 3.8) is 0 Å². The van der Waals surface area contributed by atoms with Crippen LogP contribution in [0.25, 0.3) is 0 Å². The summed E-state index contributed by atoms with van der Waals surface area (Å²) in [5, 5.41) is 10.8. The molecule has 1 atom stereocenters. The molecule has 0 aliphatic carbocycles. The van der Waals surface area contributed by atoms with E-state index in [-0.39, 0.29) is 0 Å². The van der Waals surface area contributed by atoms with Gasteiger partial charge in [-0.05, 0) is 24.3 Å². The Morgan fingerprint density at radius 3 is 2.53 bits per heavy atom. The van der Waals surface area contributed by atoms with Gasteiger partial charge in [-0.3, -0.25) is 0 Å². The van der Waals surface area contributed by atoms with Gasteiger partial charge in [-0.2, -0.15) is 0 Å². The summed E-state index contributed by atoms with van der Waals surface area (Å²) in [6.45, 7) is 0. The average Bonchev–Trinajstić information content (AvgIpc) is 2.32. The molecule has 2 aromatic rings. The Morgan fingerprint density at radius 1 is 1.12 bits per heavy atom. The molecule has 2 rings (SSSR count). The van der Waals surface area contributed by atoms with Crippen LogP contribution in [0.15, 0.2) is 46.9 Å². The zero-order valence-electron chi connectivity index (χ0n) is 8.90. The molecule has 4 heteroatoms. The maximum atomic E-state index is 10.3. The van der Waals surface area contributed by atoms with Crippen LogP contribution in [0.3, 0.4) is 0 Å². The summed E-state index contributed by atoms with van der Waals surface area (Å²) in [4.78, 5) is 0. The molecular formula is C13H11BrClNO. The Bertz CT molecular complexity index is 545. The quantitative estimate of drug-likeness (QED) is 0.829. The van der Waals surface area contributed by atoms with Gasteiger partial charge in [0.25, 0.3) is 0 Å². The highest BCUT2D eigenvalue weighted by molar-refractivity contribution is 9.10. The molecule has 0 spiro atoms. The first kappa shape index (κ1) is 12.4. The molecule has 0 fully saturated rings. The molecular weight excluding hydrogens is 302 g/mol. The van der Waals surface area contributed by atoms with E-state index in [0.29, 0.717) is 21.8 Å². The van der Waals surface area contributed by atoms with Crippen LogP contribution in [-0.2, 0) is 0 Å². The van der Waals surface area contributed by atoms with Gasteiger partial charge in [-0.25, -0.2) is 0 Å². The number of nitrogens with two attached hydrogens (primary N) is 1. The Morgan fingerprint density at radius 2 is 1.82 bits per heavy atom. The molecule has 0 saturated carbocycles. The minimum absolute atomic E-state index is 0.527. The maximum Gasteiger partial charge on any atom is 0.108 e. The first-order valence-corrected chi connectivity index (χ1v) is 6.24. The normalized spacial score (nSPS) is 12.4. The van der Waals surface area contributed by atoms with Crippen LogP contribution >= 0.6 is 27.5 Å². The van der Waals surface area contributed by atoms with E-state index in [2.05, 4.69) is 15.9 Å². The monoisotopic (exact) mass is 311 g/mol. The average molecular weight is 313 g/mol. The summed E-state index contributed by atoms with van der Waals surface area (Å²) >= 11 is 9.40. The van der Waals surface area contributed by atoms with Crippen molar-refractivity contribution in [2.45, 2.75) is 6.10 Å². The van der Waals surface area contributed by atoms with Gasteiger partial charge in [0.15, 0.2) is 0 Å². The summed E-state index contributed by atoms with van der Waals surface area (Å²) in [6.07, 6.45) is -0.818. The number of rotatable bonds is 2. The van der Waals surface area contributed by atoms with Gasteiger partial charge >= 0.3 is 0 Å². The molecule has 2 nitrogen and oxygen atoms in total. The topological polar surface area (TPSA) is 46.2 Å². The third-order valence-electron chi connectivity index (χ3n) is 2.54. The fourth-order valence-electron chi connectivity index (χ4n) is 1.65. The Balaban J connectivity index is 2.47. The largest absolute Gasteiger partial charge is 0.398 e. The number of anilines is 1. The molecule has 0 aliphatic rings. The van der Waals surface area contributed by atoms with Crippen LogP contribution in [0.1, 0.15) is 17.2 Å². The van der Waals surface area contributed by atoms with Crippen molar-refractivity contribution >= 4 is 33.2 Å². The summed E-state index contributed by atoms with van der Waals surface area (Å²) in [7, 11) is 0. The highest BCUT2D eigenvalue weighted by Gasteiger charge is 2.16. The molecule has 0 bridgehead atoms. The Hall–Kier alpha value is -1.03. The number of hydrogen-bond donors (Lipinski definition) is 2. The van der Waals surface area contributed by atoms with E-state index < -0.39 is 6.10 Å². The Labute approximate surface area is 113 Å². The van der Waals surface area contributed by atoms with Crippen LogP contribution in [0.4, 0.5) is 5.69 Å². The van der Waals surface area contributed by atoms with Gasteiger partial charge in [0.2, 0.25) is 0 Å². The molecule has 17 heavy (non-hydrogen) atoms.